The van der Waals surface area contributed by atoms with Crippen LogP contribution in [0.25, 0.3) is 0 Å². The number of aryl methyl sites for hydroxylation is 2. The topological polar surface area (TPSA) is 78.9 Å². The van der Waals surface area contributed by atoms with E-state index in [1.54, 1.807) is 12.1 Å². The molecule has 3 aromatic rings. The Labute approximate surface area is 222 Å². The maximum absolute atomic E-state index is 14.1. The molecular formula is C27H25F5N2O4S. The minimum absolute atomic E-state index is 0.289. The van der Waals surface area contributed by atoms with Crippen LogP contribution in [0.3, 0.4) is 0 Å². The molecule has 0 bridgehead atoms. The molecule has 2 aliphatic rings. The van der Waals surface area contributed by atoms with Crippen LogP contribution in [0.4, 0.5) is 33.3 Å². The summed E-state index contributed by atoms with van der Waals surface area (Å²) in [6.45, 7) is 0. The molecule has 3 atom stereocenters. The number of aliphatic hydroxyl groups excluding tert-OH is 1. The third-order valence-corrected chi connectivity index (χ3v) is 8.60. The highest BCUT2D eigenvalue weighted by molar-refractivity contribution is 7.89. The standard InChI is InChI=1S/C27H25F5N2O4S/c28-18-6-12-23-16(14-18)4-5-17-15-19(29)7-13-24(17)34(23)25-3-1-2-22(26(25)35)33-39(36,37)21-10-8-20(9-11-21)38-27(30,31)32/h6-15,22,25-26,33,35H,1-5H2/t22-,25+,26+/m0/s1. The maximum Gasteiger partial charge on any atom is 0.573 e. The van der Waals surface area contributed by atoms with Crippen molar-refractivity contribution in [2.24, 2.45) is 0 Å². The van der Waals surface area contributed by atoms with Gasteiger partial charge in [0.05, 0.1) is 23.1 Å². The average molecular weight is 569 g/mol. The van der Waals surface area contributed by atoms with E-state index < -0.39 is 52.0 Å². The normalized spacial score (nSPS) is 21.6. The summed E-state index contributed by atoms with van der Waals surface area (Å²) < 4.78 is 98.0. The second kappa shape index (κ2) is 10.4. The predicted octanol–water partition coefficient (Wildman–Crippen LogP) is 5.36. The SMILES string of the molecule is O=S(=O)(N[C@H]1CCC[C@@H](N2c3ccc(F)cc3CCc3cc(F)ccc32)[C@@H]1O)c1ccc(OC(F)(F)F)cc1. The molecule has 0 radical (unpaired) electrons. The van der Waals surface area contributed by atoms with Crippen LogP contribution in [0.2, 0.25) is 0 Å². The monoisotopic (exact) mass is 568 g/mol. The molecule has 5 rings (SSSR count). The first-order valence-electron chi connectivity index (χ1n) is 12.3. The first-order valence-corrected chi connectivity index (χ1v) is 13.8. The summed E-state index contributed by atoms with van der Waals surface area (Å²) in [5, 5.41) is 11.5. The molecule has 0 unspecified atom stereocenters. The van der Waals surface area contributed by atoms with E-state index in [9.17, 15) is 35.5 Å². The summed E-state index contributed by atoms with van der Waals surface area (Å²) >= 11 is 0. The molecule has 3 aromatic carbocycles. The van der Waals surface area contributed by atoms with Crippen LogP contribution in [-0.2, 0) is 22.9 Å². The van der Waals surface area contributed by atoms with Crippen molar-refractivity contribution in [1.29, 1.82) is 0 Å². The summed E-state index contributed by atoms with van der Waals surface area (Å²) in [7, 11) is -4.21. The van der Waals surface area contributed by atoms with E-state index in [1.165, 1.54) is 24.3 Å². The summed E-state index contributed by atoms with van der Waals surface area (Å²) in [5.74, 6) is -1.41. The molecule has 208 valence electrons. The number of hydrogen-bond acceptors (Lipinski definition) is 5. The smallest absolute Gasteiger partial charge is 0.406 e. The molecule has 1 saturated carbocycles. The van der Waals surface area contributed by atoms with Crippen molar-refractivity contribution in [3.8, 4) is 5.75 Å². The van der Waals surface area contributed by atoms with E-state index in [1.807, 2.05) is 4.90 Å². The fourth-order valence-corrected chi connectivity index (χ4v) is 6.68. The van der Waals surface area contributed by atoms with Gasteiger partial charge in [-0.3, -0.25) is 0 Å². The van der Waals surface area contributed by atoms with Crippen LogP contribution in [0.15, 0.2) is 65.6 Å². The van der Waals surface area contributed by atoms with Crippen molar-refractivity contribution >= 4 is 21.4 Å². The van der Waals surface area contributed by atoms with Crippen LogP contribution in [0.1, 0.15) is 30.4 Å². The number of fused-ring (bicyclic) bond motifs is 2. The Morgan fingerprint density at radius 2 is 1.44 bits per heavy atom. The molecule has 12 heteroatoms. The fraction of sp³-hybridized carbons (Fsp3) is 0.333. The second-order valence-electron chi connectivity index (χ2n) is 9.65. The van der Waals surface area contributed by atoms with Crippen LogP contribution in [0, 0.1) is 11.6 Å². The Balaban J connectivity index is 1.44. The van der Waals surface area contributed by atoms with Crippen molar-refractivity contribution in [2.75, 3.05) is 4.90 Å². The molecule has 2 N–H and O–H groups in total. The summed E-state index contributed by atoms with van der Waals surface area (Å²) in [6, 6.07) is 10.9. The van der Waals surface area contributed by atoms with Gasteiger partial charge in [-0.15, -0.1) is 13.2 Å². The highest BCUT2D eigenvalue weighted by atomic mass is 32.2. The number of sulfonamides is 1. The number of nitrogens with zero attached hydrogens (tertiary/aromatic N) is 1. The quantitative estimate of drug-likeness (QED) is 0.406. The van der Waals surface area contributed by atoms with E-state index in [-0.39, 0.29) is 4.90 Å². The Morgan fingerprint density at radius 3 is 1.97 bits per heavy atom. The minimum atomic E-state index is -4.91. The number of anilines is 2. The highest BCUT2D eigenvalue weighted by Gasteiger charge is 2.40. The Morgan fingerprint density at radius 1 is 0.872 bits per heavy atom. The number of benzene rings is 3. The molecule has 0 amide bonds. The van der Waals surface area contributed by atoms with Gasteiger partial charge < -0.3 is 14.7 Å². The number of rotatable bonds is 5. The average Bonchev–Trinajstić information content (AvgIpc) is 3.01. The van der Waals surface area contributed by atoms with Gasteiger partial charge >= 0.3 is 6.36 Å². The summed E-state index contributed by atoms with van der Waals surface area (Å²) in [5.41, 5.74) is 2.66. The van der Waals surface area contributed by atoms with Gasteiger partial charge in [-0.2, -0.15) is 0 Å². The van der Waals surface area contributed by atoms with Crippen molar-refractivity contribution < 1.29 is 40.2 Å². The van der Waals surface area contributed by atoms with Gasteiger partial charge in [0, 0.05) is 11.4 Å². The first kappa shape index (κ1) is 27.4. The van der Waals surface area contributed by atoms with Crippen LogP contribution >= 0.6 is 0 Å². The summed E-state index contributed by atoms with van der Waals surface area (Å²) in [4.78, 5) is 1.55. The zero-order valence-corrected chi connectivity index (χ0v) is 21.3. The molecule has 39 heavy (non-hydrogen) atoms. The fourth-order valence-electron chi connectivity index (χ4n) is 5.39. The third kappa shape index (κ3) is 5.87. The highest BCUT2D eigenvalue weighted by Crippen LogP contribution is 2.41. The van der Waals surface area contributed by atoms with Gasteiger partial charge in [0.25, 0.3) is 0 Å². The number of hydrogen-bond donors (Lipinski definition) is 2. The molecule has 1 aliphatic heterocycles. The molecule has 0 aromatic heterocycles. The number of alkyl halides is 3. The Kier molecular flexibility index (Phi) is 7.29. The lowest BCUT2D eigenvalue weighted by Gasteiger charge is -2.43. The zero-order chi connectivity index (χ0) is 27.9. The van der Waals surface area contributed by atoms with Crippen LogP contribution in [-0.4, -0.2) is 38.1 Å². The van der Waals surface area contributed by atoms with Crippen molar-refractivity contribution in [3.05, 3.63) is 83.4 Å². The zero-order valence-electron chi connectivity index (χ0n) is 20.5. The molecule has 1 fully saturated rings. The van der Waals surface area contributed by atoms with E-state index >= 15 is 0 Å². The first-order chi connectivity index (χ1) is 18.4. The number of ether oxygens (including phenoxy) is 1. The molecule has 0 spiro atoms. The molecule has 1 heterocycles. The lowest BCUT2D eigenvalue weighted by Crippen LogP contribution is -2.55. The predicted molar refractivity (Wildman–Crippen MR) is 133 cm³/mol. The Hall–Kier alpha value is -3.22. The van der Waals surface area contributed by atoms with Gasteiger partial charge in [0.2, 0.25) is 10.0 Å². The number of nitrogens with one attached hydrogen (secondary N) is 1. The molecule has 1 aliphatic carbocycles. The Bertz CT molecular complexity index is 1410. The largest absolute Gasteiger partial charge is 0.573 e. The number of aliphatic hydroxyl groups is 1. The second-order valence-corrected chi connectivity index (χ2v) is 11.4. The van der Waals surface area contributed by atoms with Gasteiger partial charge in [0.15, 0.2) is 0 Å². The molecular weight excluding hydrogens is 543 g/mol. The third-order valence-electron chi connectivity index (χ3n) is 7.09. The minimum Gasteiger partial charge on any atom is -0.406 e. The maximum atomic E-state index is 14.1. The van der Waals surface area contributed by atoms with Gasteiger partial charge in [0.1, 0.15) is 17.4 Å². The lowest BCUT2D eigenvalue weighted by molar-refractivity contribution is -0.274. The van der Waals surface area contributed by atoms with Crippen LogP contribution < -0.4 is 14.4 Å². The molecule has 6 nitrogen and oxygen atoms in total. The van der Waals surface area contributed by atoms with Crippen molar-refractivity contribution in [2.45, 2.75) is 61.5 Å². The van der Waals surface area contributed by atoms with Crippen LogP contribution in [0.5, 0.6) is 5.75 Å². The molecule has 0 saturated heterocycles. The lowest BCUT2D eigenvalue weighted by atomic mass is 9.86. The van der Waals surface area contributed by atoms with Gasteiger partial charge in [-0.25, -0.2) is 21.9 Å². The van der Waals surface area contributed by atoms with E-state index in [0.717, 1.165) is 24.3 Å². The van der Waals surface area contributed by atoms with Crippen molar-refractivity contribution in [1.82, 2.24) is 4.72 Å². The van der Waals surface area contributed by atoms with Crippen molar-refractivity contribution in [3.63, 3.8) is 0 Å². The van der Waals surface area contributed by atoms with E-state index in [4.69, 9.17) is 0 Å². The van der Waals surface area contributed by atoms with E-state index in [2.05, 4.69) is 9.46 Å². The van der Waals surface area contributed by atoms with Gasteiger partial charge in [-0.1, -0.05) is 0 Å². The summed E-state index contributed by atoms with van der Waals surface area (Å²) in [6.07, 6.45) is -3.89. The van der Waals surface area contributed by atoms with E-state index in [0.29, 0.717) is 54.6 Å². The van der Waals surface area contributed by atoms with Gasteiger partial charge in [-0.05, 0) is 104 Å². The number of halogens is 5.